The van der Waals surface area contributed by atoms with E-state index in [0.29, 0.717) is 38.9 Å². The van der Waals surface area contributed by atoms with E-state index in [2.05, 4.69) is 16.8 Å². The van der Waals surface area contributed by atoms with Gasteiger partial charge in [-0.3, -0.25) is 4.98 Å². The number of hydrogen-bond acceptors (Lipinski definition) is 6. The molecule has 0 radical (unpaired) electrons. The van der Waals surface area contributed by atoms with Crippen LogP contribution < -0.4 is 14.4 Å². The van der Waals surface area contributed by atoms with E-state index in [4.69, 9.17) is 42.6 Å². The first-order valence-corrected chi connectivity index (χ1v) is 9.68. The maximum absolute atomic E-state index is 6.58. The number of benzene rings is 1. The maximum atomic E-state index is 6.58. The fourth-order valence-electron chi connectivity index (χ4n) is 3.43. The minimum absolute atomic E-state index is 0.343. The van der Waals surface area contributed by atoms with Crippen LogP contribution in [0.25, 0.3) is 22.3 Å². The standard InChI is InChI=1S/C20H20Cl2N4O2/c1-10-8-26(9-10)20-12-5-11(2)23-7-13(12)24-19(25-20)16-17(21)14(27-3)6-15(28-4)18(16)22/h5-7,10H,8-9H2,1-4H3. The number of rotatable bonds is 4. The van der Waals surface area contributed by atoms with Gasteiger partial charge in [-0.05, 0) is 18.9 Å². The van der Waals surface area contributed by atoms with Gasteiger partial charge in [-0.15, -0.1) is 0 Å². The number of ether oxygens (including phenoxy) is 2. The van der Waals surface area contributed by atoms with E-state index < -0.39 is 0 Å². The lowest BCUT2D eigenvalue weighted by atomic mass is 10.0. The molecule has 1 aliphatic heterocycles. The molecule has 0 bridgehead atoms. The maximum Gasteiger partial charge on any atom is 0.165 e. The Morgan fingerprint density at radius 1 is 1.04 bits per heavy atom. The molecule has 1 fully saturated rings. The monoisotopic (exact) mass is 418 g/mol. The van der Waals surface area contributed by atoms with E-state index in [1.54, 1.807) is 26.5 Å². The van der Waals surface area contributed by atoms with Crippen molar-refractivity contribution in [1.82, 2.24) is 15.0 Å². The van der Waals surface area contributed by atoms with Gasteiger partial charge in [-0.25, -0.2) is 9.97 Å². The van der Waals surface area contributed by atoms with Crippen LogP contribution >= 0.6 is 23.2 Å². The first-order valence-electron chi connectivity index (χ1n) is 8.92. The van der Waals surface area contributed by atoms with Gasteiger partial charge in [0.1, 0.15) is 17.3 Å². The van der Waals surface area contributed by atoms with Gasteiger partial charge in [0.25, 0.3) is 0 Å². The molecule has 3 aromatic rings. The van der Waals surface area contributed by atoms with Gasteiger partial charge in [0.2, 0.25) is 0 Å². The van der Waals surface area contributed by atoms with Crippen molar-refractivity contribution >= 4 is 39.9 Å². The molecule has 0 spiro atoms. The highest BCUT2D eigenvalue weighted by molar-refractivity contribution is 6.41. The zero-order chi connectivity index (χ0) is 20.0. The minimum Gasteiger partial charge on any atom is -0.495 e. The molecule has 0 aliphatic carbocycles. The summed E-state index contributed by atoms with van der Waals surface area (Å²) in [4.78, 5) is 16.2. The third-order valence-corrected chi connectivity index (χ3v) is 5.61. The Labute approximate surface area is 173 Å². The predicted molar refractivity (Wildman–Crippen MR) is 112 cm³/mol. The lowest BCUT2D eigenvalue weighted by Gasteiger charge is -2.38. The van der Waals surface area contributed by atoms with Crippen molar-refractivity contribution in [3.63, 3.8) is 0 Å². The number of aryl methyl sites for hydroxylation is 1. The van der Waals surface area contributed by atoms with Gasteiger partial charge in [-0.1, -0.05) is 30.1 Å². The topological polar surface area (TPSA) is 60.4 Å². The summed E-state index contributed by atoms with van der Waals surface area (Å²) in [7, 11) is 3.08. The van der Waals surface area contributed by atoms with Crippen molar-refractivity contribution < 1.29 is 9.47 Å². The molecule has 0 N–H and O–H groups in total. The first kappa shape index (κ1) is 19.0. The first-order chi connectivity index (χ1) is 13.4. The van der Waals surface area contributed by atoms with Crippen molar-refractivity contribution in [1.29, 1.82) is 0 Å². The van der Waals surface area contributed by atoms with Gasteiger partial charge < -0.3 is 14.4 Å². The zero-order valence-corrected chi connectivity index (χ0v) is 17.6. The van der Waals surface area contributed by atoms with Crippen LogP contribution in [-0.4, -0.2) is 42.3 Å². The summed E-state index contributed by atoms with van der Waals surface area (Å²) in [6.07, 6.45) is 1.75. The molecule has 0 atom stereocenters. The van der Waals surface area contributed by atoms with Crippen LogP contribution in [0.1, 0.15) is 12.6 Å². The molecule has 1 aromatic carbocycles. The van der Waals surface area contributed by atoms with E-state index in [-0.39, 0.29) is 0 Å². The normalized spacial score (nSPS) is 14.3. The Kier molecular flexibility index (Phi) is 4.93. The highest BCUT2D eigenvalue weighted by atomic mass is 35.5. The number of nitrogens with zero attached hydrogens (tertiary/aromatic N) is 4. The molecule has 8 heteroatoms. The zero-order valence-electron chi connectivity index (χ0n) is 16.1. The fraction of sp³-hybridized carbons (Fsp3) is 0.350. The van der Waals surface area contributed by atoms with Crippen LogP contribution in [0.2, 0.25) is 10.0 Å². The second-order valence-corrected chi connectivity index (χ2v) is 7.76. The molecule has 6 nitrogen and oxygen atoms in total. The largest absolute Gasteiger partial charge is 0.495 e. The molecule has 146 valence electrons. The lowest BCUT2D eigenvalue weighted by Crippen LogP contribution is -2.45. The Morgan fingerprint density at radius 2 is 1.68 bits per heavy atom. The number of fused-ring (bicyclic) bond motifs is 1. The number of aromatic nitrogens is 3. The Hall–Kier alpha value is -2.31. The van der Waals surface area contributed by atoms with E-state index in [1.807, 2.05) is 13.0 Å². The fourth-order valence-corrected chi connectivity index (χ4v) is 4.10. The van der Waals surface area contributed by atoms with Crippen molar-refractivity contribution in [2.24, 2.45) is 5.92 Å². The Morgan fingerprint density at radius 3 is 2.25 bits per heavy atom. The van der Waals surface area contributed by atoms with Gasteiger partial charge in [0.05, 0.1) is 41.5 Å². The molecule has 0 unspecified atom stereocenters. The SMILES string of the molecule is COc1cc(OC)c(Cl)c(-c2nc(N3CC(C)C3)c3cc(C)ncc3n2)c1Cl. The summed E-state index contributed by atoms with van der Waals surface area (Å²) in [5, 5.41) is 1.65. The van der Waals surface area contributed by atoms with Crippen molar-refractivity contribution in [3.8, 4) is 22.9 Å². The van der Waals surface area contributed by atoms with Crippen LogP contribution in [-0.2, 0) is 0 Å². The molecule has 1 aliphatic rings. The van der Waals surface area contributed by atoms with Crippen molar-refractivity contribution in [3.05, 3.63) is 34.1 Å². The van der Waals surface area contributed by atoms with Gasteiger partial charge in [0, 0.05) is 30.2 Å². The summed E-state index contributed by atoms with van der Waals surface area (Å²) in [6.45, 7) is 6.05. The number of anilines is 1. The quantitative estimate of drug-likeness (QED) is 0.607. The van der Waals surface area contributed by atoms with Gasteiger partial charge in [0.15, 0.2) is 5.82 Å². The highest BCUT2D eigenvalue weighted by Gasteiger charge is 2.28. The summed E-state index contributed by atoms with van der Waals surface area (Å²) < 4.78 is 10.8. The summed E-state index contributed by atoms with van der Waals surface area (Å²) in [6, 6.07) is 3.66. The second kappa shape index (κ2) is 7.26. The summed E-state index contributed by atoms with van der Waals surface area (Å²) in [5.74, 6) is 2.79. The van der Waals surface area contributed by atoms with E-state index in [1.165, 1.54) is 0 Å². The van der Waals surface area contributed by atoms with Crippen LogP contribution in [0.5, 0.6) is 11.5 Å². The average Bonchev–Trinajstić information content (AvgIpc) is 2.65. The van der Waals surface area contributed by atoms with E-state index in [0.717, 1.165) is 35.5 Å². The number of methoxy groups -OCH3 is 2. The average molecular weight is 419 g/mol. The van der Waals surface area contributed by atoms with E-state index >= 15 is 0 Å². The third kappa shape index (κ3) is 3.10. The van der Waals surface area contributed by atoms with Crippen LogP contribution in [0.4, 0.5) is 5.82 Å². The third-order valence-electron chi connectivity index (χ3n) is 4.86. The number of hydrogen-bond donors (Lipinski definition) is 0. The Bertz CT molecular complexity index is 1040. The van der Waals surface area contributed by atoms with Crippen LogP contribution in [0.15, 0.2) is 18.3 Å². The molecule has 3 heterocycles. The van der Waals surface area contributed by atoms with E-state index in [9.17, 15) is 0 Å². The second-order valence-electron chi connectivity index (χ2n) is 7.01. The summed E-state index contributed by atoms with van der Waals surface area (Å²) in [5.41, 5.74) is 2.13. The number of halogens is 2. The summed E-state index contributed by atoms with van der Waals surface area (Å²) >= 11 is 13.2. The molecular formula is C20H20Cl2N4O2. The highest BCUT2D eigenvalue weighted by Crippen LogP contribution is 2.45. The molecule has 0 saturated carbocycles. The van der Waals surface area contributed by atoms with Crippen LogP contribution in [0.3, 0.4) is 0 Å². The predicted octanol–water partition coefficient (Wildman–Crippen LogP) is 4.78. The number of pyridine rings is 1. The molecule has 0 amide bonds. The molecule has 4 rings (SSSR count). The van der Waals surface area contributed by atoms with Crippen LogP contribution in [0, 0.1) is 12.8 Å². The molecule has 28 heavy (non-hydrogen) atoms. The molecule has 2 aromatic heterocycles. The van der Waals surface area contributed by atoms with Gasteiger partial charge in [-0.2, -0.15) is 0 Å². The van der Waals surface area contributed by atoms with Crippen molar-refractivity contribution in [2.75, 3.05) is 32.2 Å². The smallest absolute Gasteiger partial charge is 0.165 e. The van der Waals surface area contributed by atoms with Crippen molar-refractivity contribution in [2.45, 2.75) is 13.8 Å². The Balaban J connectivity index is 1.99. The lowest BCUT2D eigenvalue weighted by molar-refractivity contribution is 0.395. The molecule has 1 saturated heterocycles. The van der Waals surface area contributed by atoms with Gasteiger partial charge >= 0.3 is 0 Å². The minimum atomic E-state index is 0.343. The molecular weight excluding hydrogens is 399 g/mol.